The molecule has 4 nitrogen and oxygen atoms in total. The van der Waals surface area contributed by atoms with Crippen LogP contribution in [0.1, 0.15) is 0 Å². The first kappa shape index (κ1) is 14.7. The molecule has 3 aromatic rings. The molecule has 0 aliphatic heterocycles. The second-order valence-corrected chi connectivity index (χ2v) is 7.70. The maximum Gasteiger partial charge on any atom is 0.187 e. The zero-order valence-electron chi connectivity index (χ0n) is 11.9. The fraction of sp³-hybridized carbons (Fsp3) is 0.0625. The third-order valence-corrected chi connectivity index (χ3v) is 4.99. The summed E-state index contributed by atoms with van der Waals surface area (Å²) in [4.78, 5) is 4.84. The Balaban J connectivity index is 1.82. The number of nitrogens with zero attached hydrogens (tertiary/aromatic N) is 1. The SMILES string of the molecule is CS(=O)(=O)c1ccc(-c2csc(Nc3ccccc3)n2)cc1. The number of rotatable bonds is 4. The summed E-state index contributed by atoms with van der Waals surface area (Å²) in [6.07, 6.45) is 1.20. The second-order valence-electron chi connectivity index (χ2n) is 4.83. The van der Waals surface area contributed by atoms with Crippen molar-refractivity contribution in [1.82, 2.24) is 4.98 Å². The van der Waals surface area contributed by atoms with Crippen molar-refractivity contribution >= 4 is 32.0 Å². The summed E-state index contributed by atoms with van der Waals surface area (Å²) in [5.41, 5.74) is 2.70. The lowest BCUT2D eigenvalue weighted by Gasteiger charge is -2.02. The molecule has 0 saturated carbocycles. The molecule has 2 aromatic carbocycles. The van der Waals surface area contributed by atoms with Gasteiger partial charge in [-0.2, -0.15) is 0 Å². The van der Waals surface area contributed by atoms with E-state index in [1.807, 2.05) is 35.7 Å². The molecule has 6 heteroatoms. The Hall–Kier alpha value is -2.18. The Morgan fingerprint density at radius 2 is 1.68 bits per heavy atom. The van der Waals surface area contributed by atoms with Crippen molar-refractivity contribution < 1.29 is 8.42 Å². The van der Waals surface area contributed by atoms with Crippen LogP contribution in [0.5, 0.6) is 0 Å². The van der Waals surface area contributed by atoms with Gasteiger partial charge < -0.3 is 5.32 Å². The zero-order valence-corrected chi connectivity index (χ0v) is 13.5. The van der Waals surface area contributed by atoms with Gasteiger partial charge in [0, 0.05) is 22.9 Å². The van der Waals surface area contributed by atoms with Crippen LogP contribution >= 0.6 is 11.3 Å². The minimum absolute atomic E-state index is 0.314. The molecule has 3 rings (SSSR count). The molecule has 1 aromatic heterocycles. The predicted octanol–water partition coefficient (Wildman–Crippen LogP) is 3.96. The normalized spacial score (nSPS) is 11.3. The van der Waals surface area contributed by atoms with Gasteiger partial charge in [-0.15, -0.1) is 11.3 Å². The Morgan fingerprint density at radius 3 is 2.32 bits per heavy atom. The van der Waals surface area contributed by atoms with Gasteiger partial charge in [-0.1, -0.05) is 30.3 Å². The lowest BCUT2D eigenvalue weighted by Crippen LogP contribution is -1.96. The molecule has 112 valence electrons. The summed E-state index contributed by atoms with van der Waals surface area (Å²) in [5, 5.41) is 5.99. The molecule has 22 heavy (non-hydrogen) atoms. The third-order valence-electron chi connectivity index (χ3n) is 3.11. The highest BCUT2D eigenvalue weighted by Crippen LogP contribution is 2.27. The van der Waals surface area contributed by atoms with Crippen LogP contribution in [0.4, 0.5) is 10.8 Å². The summed E-state index contributed by atoms with van der Waals surface area (Å²) in [6, 6.07) is 16.6. The molecule has 1 N–H and O–H groups in total. The number of nitrogens with one attached hydrogen (secondary N) is 1. The summed E-state index contributed by atoms with van der Waals surface area (Å²) in [7, 11) is -3.17. The molecule has 1 heterocycles. The minimum atomic E-state index is -3.17. The zero-order chi connectivity index (χ0) is 15.6. The van der Waals surface area contributed by atoms with Gasteiger partial charge in [0.15, 0.2) is 15.0 Å². The van der Waals surface area contributed by atoms with Crippen molar-refractivity contribution in [3.63, 3.8) is 0 Å². The van der Waals surface area contributed by atoms with Crippen LogP contribution in [-0.4, -0.2) is 19.7 Å². The smallest absolute Gasteiger partial charge is 0.187 e. The van der Waals surface area contributed by atoms with E-state index in [0.29, 0.717) is 4.90 Å². The number of sulfone groups is 1. The quantitative estimate of drug-likeness (QED) is 0.787. The Bertz CT molecular complexity index is 870. The predicted molar refractivity (Wildman–Crippen MR) is 90.4 cm³/mol. The van der Waals surface area contributed by atoms with Gasteiger partial charge in [0.2, 0.25) is 0 Å². The van der Waals surface area contributed by atoms with E-state index in [1.165, 1.54) is 17.6 Å². The molecule has 0 amide bonds. The van der Waals surface area contributed by atoms with Gasteiger partial charge in [0.05, 0.1) is 10.6 Å². The van der Waals surface area contributed by atoms with Crippen molar-refractivity contribution in [2.24, 2.45) is 0 Å². The molecule has 0 unspecified atom stereocenters. The van der Waals surface area contributed by atoms with Crippen LogP contribution in [0.3, 0.4) is 0 Å². The first-order valence-corrected chi connectivity index (χ1v) is 9.37. The maximum atomic E-state index is 11.5. The van der Waals surface area contributed by atoms with Crippen LogP contribution < -0.4 is 5.32 Å². The number of benzene rings is 2. The van der Waals surface area contributed by atoms with E-state index in [9.17, 15) is 8.42 Å². The summed E-state index contributed by atoms with van der Waals surface area (Å²) >= 11 is 1.51. The van der Waals surface area contributed by atoms with Crippen molar-refractivity contribution in [3.8, 4) is 11.3 Å². The third kappa shape index (κ3) is 3.35. The van der Waals surface area contributed by atoms with E-state index in [0.717, 1.165) is 22.1 Å². The first-order valence-electron chi connectivity index (χ1n) is 6.60. The lowest BCUT2D eigenvalue weighted by atomic mass is 10.2. The van der Waals surface area contributed by atoms with E-state index in [2.05, 4.69) is 10.3 Å². The van der Waals surface area contributed by atoms with E-state index in [-0.39, 0.29) is 0 Å². The van der Waals surface area contributed by atoms with Crippen molar-refractivity contribution in [2.45, 2.75) is 4.90 Å². The number of hydrogen-bond acceptors (Lipinski definition) is 5. The van der Waals surface area contributed by atoms with E-state index < -0.39 is 9.84 Å². The van der Waals surface area contributed by atoms with Crippen LogP contribution in [0.15, 0.2) is 64.9 Å². The lowest BCUT2D eigenvalue weighted by molar-refractivity contribution is 0.602. The molecule has 0 fully saturated rings. The van der Waals surface area contributed by atoms with Crippen LogP contribution in [-0.2, 0) is 9.84 Å². The van der Waals surface area contributed by atoms with Crippen molar-refractivity contribution in [2.75, 3.05) is 11.6 Å². The highest BCUT2D eigenvalue weighted by atomic mass is 32.2. The fourth-order valence-corrected chi connectivity index (χ4v) is 3.35. The topological polar surface area (TPSA) is 59.1 Å². The molecule has 0 spiro atoms. The van der Waals surface area contributed by atoms with Gasteiger partial charge in [0.1, 0.15) is 0 Å². The van der Waals surface area contributed by atoms with Gasteiger partial charge >= 0.3 is 0 Å². The Kier molecular flexibility index (Phi) is 3.96. The first-order chi connectivity index (χ1) is 10.5. The average Bonchev–Trinajstić information content (AvgIpc) is 2.96. The number of anilines is 2. The number of aromatic nitrogens is 1. The minimum Gasteiger partial charge on any atom is -0.332 e. The van der Waals surface area contributed by atoms with Gasteiger partial charge in [-0.05, 0) is 24.3 Å². The standard InChI is InChI=1S/C16H14N2O2S2/c1-22(19,20)14-9-7-12(8-10-14)15-11-21-16(18-15)17-13-5-3-2-4-6-13/h2-11H,1H3,(H,17,18). The molecule has 0 atom stereocenters. The van der Waals surface area contributed by atoms with E-state index in [4.69, 9.17) is 0 Å². The highest BCUT2D eigenvalue weighted by molar-refractivity contribution is 7.90. The van der Waals surface area contributed by atoms with Crippen LogP contribution in [0, 0.1) is 0 Å². The second kappa shape index (κ2) is 5.90. The Morgan fingerprint density at radius 1 is 1.00 bits per heavy atom. The molecule has 0 aliphatic rings. The highest BCUT2D eigenvalue weighted by Gasteiger charge is 2.09. The van der Waals surface area contributed by atoms with Crippen molar-refractivity contribution in [3.05, 3.63) is 60.0 Å². The molecule has 0 aliphatic carbocycles. The van der Waals surface area contributed by atoms with Crippen LogP contribution in [0.2, 0.25) is 0 Å². The monoisotopic (exact) mass is 330 g/mol. The number of para-hydroxylation sites is 1. The molecular formula is C16H14N2O2S2. The number of hydrogen-bond donors (Lipinski definition) is 1. The molecular weight excluding hydrogens is 316 g/mol. The van der Waals surface area contributed by atoms with E-state index >= 15 is 0 Å². The molecule has 0 bridgehead atoms. The van der Waals surface area contributed by atoms with Crippen molar-refractivity contribution in [1.29, 1.82) is 0 Å². The number of thiazole rings is 1. The van der Waals surface area contributed by atoms with Crippen LogP contribution in [0.25, 0.3) is 11.3 Å². The maximum absolute atomic E-state index is 11.5. The summed E-state index contributed by atoms with van der Waals surface area (Å²) < 4.78 is 22.9. The largest absolute Gasteiger partial charge is 0.332 e. The van der Waals surface area contributed by atoms with Gasteiger partial charge in [-0.3, -0.25) is 0 Å². The molecule has 0 saturated heterocycles. The van der Waals surface area contributed by atoms with Gasteiger partial charge in [0.25, 0.3) is 0 Å². The summed E-state index contributed by atoms with van der Waals surface area (Å²) in [6.45, 7) is 0. The average molecular weight is 330 g/mol. The summed E-state index contributed by atoms with van der Waals surface area (Å²) in [5.74, 6) is 0. The van der Waals surface area contributed by atoms with Gasteiger partial charge in [-0.25, -0.2) is 13.4 Å². The fourth-order valence-electron chi connectivity index (χ4n) is 1.98. The molecule has 0 radical (unpaired) electrons. The Labute approximate surface area is 133 Å². The van der Waals surface area contributed by atoms with E-state index in [1.54, 1.807) is 24.3 Å².